The number of hydrogen-bond acceptors (Lipinski definition) is 3. The average molecular weight is 227 g/mol. The normalized spacial score (nSPS) is 26.9. The van der Waals surface area contributed by atoms with Gasteiger partial charge >= 0.3 is 0 Å². The summed E-state index contributed by atoms with van der Waals surface area (Å²) in [5.41, 5.74) is 0. The Kier molecular flexibility index (Phi) is 4.93. The number of hydrogen-bond donors (Lipinski definition) is 0. The zero-order valence-corrected chi connectivity index (χ0v) is 11.2. The van der Waals surface area contributed by atoms with Crippen molar-refractivity contribution in [2.75, 3.05) is 20.2 Å². The van der Waals surface area contributed by atoms with Gasteiger partial charge in [0.05, 0.1) is 12.1 Å². The van der Waals surface area contributed by atoms with Crippen molar-refractivity contribution in [1.82, 2.24) is 4.90 Å². The van der Waals surface area contributed by atoms with E-state index in [0.717, 1.165) is 19.6 Å². The van der Waals surface area contributed by atoms with E-state index in [9.17, 15) is 4.79 Å². The molecule has 1 aliphatic heterocycles. The van der Waals surface area contributed by atoms with Gasteiger partial charge in [0.15, 0.2) is 5.78 Å². The molecule has 3 heteroatoms. The third-order valence-electron chi connectivity index (χ3n) is 3.07. The number of carbonyl (C=O) groups is 1. The van der Waals surface area contributed by atoms with Gasteiger partial charge in [-0.2, -0.15) is 0 Å². The van der Waals surface area contributed by atoms with Crippen LogP contribution < -0.4 is 0 Å². The highest BCUT2D eigenvalue weighted by Crippen LogP contribution is 2.22. The molecule has 1 heterocycles. The fourth-order valence-corrected chi connectivity index (χ4v) is 2.12. The summed E-state index contributed by atoms with van der Waals surface area (Å²) in [7, 11) is 2.02. The van der Waals surface area contributed by atoms with Gasteiger partial charge in [-0.1, -0.05) is 27.7 Å². The molecule has 0 aromatic heterocycles. The van der Waals surface area contributed by atoms with Crippen molar-refractivity contribution in [2.45, 2.75) is 46.3 Å². The maximum atomic E-state index is 11.9. The average Bonchev–Trinajstić information content (AvgIpc) is 2.55. The second-order valence-corrected chi connectivity index (χ2v) is 5.60. The monoisotopic (exact) mass is 227 g/mol. The molecule has 0 unspecified atom stereocenters. The van der Waals surface area contributed by atoms with E-state index in [4.69, 9.17) is 4.74 Å². The summed E-state index contributed by atoms with van der Waals surface area (Å²) in [6.07, 6.45) is 1.10. The topological polar surface area (TPSA) is 29.5 Å². The number of likely N-dealkylation sites (tertiary alicyclic amines) is 1. The van der Waals surface area contributed by atoms with Crippen LogP contribution in [0.1, 0.15) is 34.1 Å². The van der Waals surface area contributed by atoms with E-state index < -0.39 is 0 Å². The van der Waals surface area contributed by atoms with Crippen LogP contribution in [0.3, 0.4) is 0 Å². The molecule has 0 N–H and O–H groups in total. The maximum Gasteiger partial charge on any atom is 0.152 e. The summed E-state index contributed by atoms with van der Waals surface area (Å²) in [5, 5.41) is 0. The van der Waals surface area contributed by atoms with E-state index in [2.05, 4.69) is 18.7 Å². The standard InChI is InChI=1S/C13H25NO2/c1-9(2)8-16-11-6-12(14(5)7-11)13(15)10(3)4/h9-12H,6-8H2,1-5H3/t11-,12-/m0/s1. The molecule has 1 fully saturated rings. The summed E-state index contributed by atoms with van der Waals surface area (Å²) < 4.78 is 5.80. The lowest BCUT2D eigenvalue weighted by atomic mass is 10.00. The Labute approximate surface area is 99.1 Å². The van der Waals surface area contributed by atoms with Gasteiger partial charge < -0.3 is 4.74 Å². The highest BCUT2D eigenvalue weighted by molar-refractivity contribution is 5.86. The second kappa shape index (κ2) is 5.78. The van der Waals surface area contributed by atoms with Crippen LogP contribution in [-0.4, -0.2) is 43.0 Å². The second-order valence-electron chi connectivity index (χ2n) is 5.60. The Bertz CT molecular complexity index is 238. The highest BCUT2D eigenvalue weighted by Gasteiger charge is 2.35. The van der Waals surface area contributed by atoms with Crippen LogP contribution in [0.4, 0.5) is 0 Å². The molecule has 0 aromatic carbocycles. The minimum atomic E-state index is 0.0668. The molecule has 1 rings (SSSR count). The van der Waals surface area contributed by atoms with Crippen molar-refractivity contribution in [3.8, 4) is 0 Å². The summed E-state index contributed by atoms with van der Waals surface area (Å²) in [5.74, 6) is 1.03. The molecule has 0 amide bonds. The smallest absolute Gasteiger partial charge is 0.152 e. The van der Waals surface area contributed by atoms with Gasteiger partial charge in [0.1, 0.15) is 0 Å². The maximum absolute atomic E-state index is 11.9. The molecule has 1 saturated heterocycles. The van der Waals surface area contributed by atoms with Crippen molar-refractivity contribution in [1.29, 1.82) is 0 Å². The predicted molar refractivity (Wildman–Crippen MR) is 65.5 cm³/mol. The predicted octanol–water partition coefficient (Wildman–Crippen LogP) is 1.96. The first kappa shape index (κ1) is 13.7. The highest BCUT2D eigenvalue weighted by atomic mass is 16.5. The zero-order valence-electron chi connectivity index (χ0n) is 11.2. The zero-order chi connectivity index (χ0) is 12.3. The Morgan fingerprint density at radius 3 is 2.50 bits per heavy atom. The minimum Gasteiger partial charge on any atom is -0.377 e. The van der Waals surface area contributed by atoms with Gasteiger partial charge in [0.2, 0.25) is 0 Å². The first-order valence-corrected chi connectivity index (χ1v) is 6.27. The number of ketones is 1. The molecule has 0 aliphatic carbocycles. The first-order valence-electron chi connectivity index (χ1n) is 6.27. The van der Waals surface area contributed by atoms with Crippen LogP contribution in [0.15, 0.2) is 0 Å². The number of likely N-dealkylation sites (N-methyl/N-ethyl adjacent to an activating group) is 1. The quantitative estimate of drug-likeness (QED) is 0.719. The van der Waals surface area contributed by atoms with Crippen LogP contribution in [0.5, 0.6) is 0 Å². The van der Waals surface area contributed by atoms with E-state index >= 15 is 0 Å². The molecule has 0 radical (unpaired) electrons. The molecular formula is C13H25NO2. The fraction of sp³-hybridized carbons (Fsp3) is 0.923. The van der Waals surface area contributed by atoms with Gasteiger partial charge in [-0.25, -0.2) is 0 Å². The van der Waals surface area contributed by atoms with E-state index in [1.165, 1.54) is 0 Å². The van der Waals surface area contributed by atoms with E-state index in [1.54, 1.807) is 0 Å². The van der Waals surface area contributed by atoms with Crippen LogP contribution in [0.2, 0.25) is 0 Å². The Balaban J connectivity index is 2.44. The summed E-state index contributed by atoms with van der Waals surface area (Å²) in [6, 6.07) is 0.0668. The third kappa shape index (κ3) is 3.56. The first-order chi connectivity index (χ1) is 7.41. The molecule has 3 nitrogen and oxygen atoms in total. The van der Waals surface area contributed by atoms with Crippen LogP contribution in [0.25, 0.3) is 0 Å². The minimum absolute atomic E-state index is 0.0668. The van der Waals surface area contributed by atoms with Gasteiger partial charge in [-0.05, 0) is 19.4 Å². The van der Waals surface area contributed by atoms with Gasteiger partial charge in [0.25, 0.3) is 0 Å². The third-order valence-corrected chi connectivity index (χ3v) is 3.07. The summed E-state index contributed by atoms with van der Waals surface area (Å²) in [6.45, 7) is 9.92. The van der Waals surface area contributed by atoms with Gasteiger partial charge in [0, 0.05) is 19.1 Å². The lowest BCUT2D eigenvalue weighted by molar-refractivity contribution is -0.125. The number of nitrogens with zero attached hydrogens (tertiary/aromatic N) is 1. The number of carbonyl (C=O) groups excluding carboxylic acids is 1. The molecule has 0 spiro atoms. The lowest BCUT2D eigenvalue weighted by Gasteiger charge is -2.19. The summed E-state index contributed by atoms with van der Waals surface area (Å²) in [4.78, 5) is 14.1. The number of Topliss-reactive ketones (excluding diaryl/α,β-unsaturated/α-hetero) is 1. The molecule has 1 aliphatic rings. The van der Waals surface area contributed by atoms with Crippen molar-refractivity contribution < 1.29 is 9.53 Å². The molecule has 94 valence electrons. The van der Waals surface area contributed by atoms with Crippen molar-refractivity contribution in [3.05, 3.63) is 0 Å². The lowest BCUT2D eigenvalue weighted by Crippen LogP contribution is -2.35. The summed E-state index contributed by atoms with van der Waals surface area (Å²) >= 11 is 0. The van der Waals surface area contributed by atoms with Gasteiger partial charge in [-0.15, -0.1) is 0 Å². The molecule has 16 heavy (non-hydrogen) atoms. The fourth-order valence-electron chi connectivity index (χ4n) is 2.12. The van der Waals surface area contributed by atoms with Crippen molar-refractivity contribution >= 4 is 5.78 Å². The van der Waals surface area contributed by atoms with E-state index in [-0.39, 0.29) is 18.1 Å². The van der Waals surface area contributed by atoms with E-state index in [0.29, 0.717) is 11.7 Å². The van der Waals surface area contributed by atoms with Crippen molar-refractivity contribution in [3.63, 3.8) is 0 Å². The van der Waals surface area contributed by atoms with Crippen LogP contribution >= 0.6 is 0 Å². The van der Waals surface area contributed by atoms with E-state index in [1.807, 2.05) is 20.9 Å². The Morgan fingerprint density at radius 2 is 2.00 bits per heavy atom. The van der Waals surface area contributed by atoms with Crippen LogP contribution in [-0.2, 0) is 9.53 Å². The van der Waals surface area contributed by atoms with Gasteiger partial charge in [-0.3, -0.25) is 9.69 Å². The SMILES string of the molecule is CC(C)CO[C@H]1C[C@@H](C(=O)C(C)C)N(C)C1. The largest absolute Gasteiger partial charge is 0.377 e. The van der Waals surface area contributed by atoms with Crippen molar-refractivity contribution in [2.24, 2.45) is 11.8 Å². The molecular weight excluding hydrogens is 202 g/mol. The molecule has 2 atom stereocenters. The van der Waals surface area contributed by atoms with Crippen LogP contribution in [0, 0.1) is 11.8 Å². The Morgan fingerprint density at radius 1 is 1.38 bits per heavy atom. The number of ether oxygens (including phenoxy) is 1. The Hall–Kier alpha value is -0.410. The molecule has 0 aromatic rings. The molecule has 0 bridgehead atoms. The number of rotatable bonds is 5. The molecule has 0 saturated carbocycles.